The molecule has 0 saturated carbocycles. The molecule has 168 valence electrons. The van der Waals surface area contributed by atoms with Crippen molar-refractivity contribution in [1.82, 2.24) is 9.80 Å². The lowest BCUT2D eigenvalue weighted by atomic mass is 10.1. The van der Waals surface area contributed by atoms with E-state index in [0.717, 1.165) is 38.1 Å². The summed E-state index contributed by atoms with van der Waals surface area (Å²) >= 11 is 0. The van der Waals surface area contributed by atoms with Crippen LogP contribution in [0.1, 0.15) is 32.3 Å². The van der Waals surface area contributed by atoms with Gasteiger partial charge in [-0.25, -0.2) is 4.79 Å². The zero-order chi connectivity index (χ0) is 22.4. The van der Waals surface area contributed by atoms with Crippen molar-refractivity contribution in [2.75, 3.05) is 26.2 Å². The Morgan fingerprint density at radius 2 is 1.35 bits per heavy atom. The lowest BCUT2D eigenvalue weighted by Crippen LogP contribution is -2.52. The summed E-state index contributed by atoms with van der Waals surface area (Å²) in [6.07, 6.45) is -2.57. The minimum absolute atomic E-state index is 0.285. The molecule has 0 aliphatic carbocycles. The zero-order valence-electron chi connectivity index (χ0n) is 17.7. The third kappa shape index (κ3) is 6.13. The van der Waals surface area contributed by atoms with Gasteiger partial charge in [-0.1, -0.05) is 13.8 Å². The van der Waals surface area contributed by atoms with Gasteiger partial charge in [-0.3, -0.25) is 4.90 Å². The largest absolute Gasteiger partial charge is 0.457 e. The number of nitrogens with zero attached hydrogens (tertiary/aromatic N) is 2. The Kier molecular flexibility index (Phi) is 7.43. The first-order valence-electron chi connectivity index (χ1n) is 10.5. The Morgan fingerprint density at radius 3 is 1.84 bits per heavy atom. The summed E-state index contributed by atoms with van der Waals surface area (Å²) in [6.45, 7) is 7.29. The molecule has 0 aromatic heterocycles. The molecule has 31 heavy (non-hydrogen) atoms. The number of hydrogen-bond donors (Lipinski definition) is 0. The highest BCUT2D eigenvalue weighted by Crippen LogP contribution is 2.31. The molecule has 0 atom stereocenters. The number of hydrogen-bond acceptors (Lipinski definition) is 4. The summed E-state index contributed by atoms with van der Waals surface area (Å²) in [7, 11) is 0. The van der Waals surface area contributed by atoms with E-state index in [4.69, 9.17) is 9.47 Å². The van der Waals surface area contributed by atoms with Gasteiger partial charge >= 0.3 is 12.3 Å². The number of rotatable bonds is 6. The smallest absolute Gasteiger partial charge is 0.416 e. The van der Waals surface area contributed by atoms with Crippen molar-refractivity contribution < 1.29 is 27.4 Å². The van der Waals surface area contributed by atoms with Crippen molar-refractivity contribution in [2.45, 2.75) is 38.9 Å². The van der Waals surface area contributed by atoms with E-state index in [2.05, 4.69) is 18.7 Å². The second kappa shape index (κ2) is 10.0. The van der Waals surface area contributed by atoms with Crippen LogP contribution in [0.4, 0.5) is 18.0 Å². The maximum atomic E-state index is 12.6. The van der Waals surface area contributed by atoms with Crippen molar-refractivity contribution in [2.24, 2.45) is 0 Å². The highest BCUT2D eigenvalue weighted by Gasteiger charge is 2.30. The number of piperazine rings is 1. The average Bonchev–Trinajstić information content (AvgIpc) is 2.76. The second-order valence-corrected chi connectivity index (χ2v) is 7.46. The standard InChI is InChI=1S/C23H27F3N2O3/c1-3-18(4-2)27-13-15-28(16-14-27)22(29)31-21-11-9-20(10-12-21)30-19-7-5-17(6-8-19)23(24,25)26/h5-12,18H,3-4,13-16H2,1-2H3. The molecule has 1 heterocycles. The van der Waals surface area contributed by atoms with Crippen LogP contribution in [0.5, 0.6) is 17.2 Å². The molecule has 8 heteroatoms. The van der Waals surface area contributed by atoms with E-state index < -0.39 is 11.7 Å². The zero-order valence-corrected chi connectivity index (χ0v) is 17.7. The molecule has 1 saturated heterocycles. The van der Waals surface area contributed by atoms with E-state index >= 15 is 0 Å². The van der Waals surface area contributed by atoms with Crippen molar-refractivity contribution in [3.05, 3.63) is 54.1 Å². The SMILES string of the molecule is CCC(CC)N1CCN(C(=O)Oc2ccc(Oc3ccc(C(F)(F)F)cc3)cc2)CC1. The van der Waals surface area contributed by atoms with Gasteiger partial charge in [0.15, 0.2) is 0 Å². The number of halogens is 3. The quantitative estimate of drug-likeness (QED) is 0.574. The van der Waals surface area contributed by atoms with Gasteiger partial charge in [0.2, 0.25) is 0 Å². The molecule has 3 rings (SSSR count). The summed E-state index contributed by atoms with van der Waals surface area (Å²) in [5.41, 5.74) is -0.733. The number of amides is 1. The van der Waals surface area contributed by atoms with Crippen LogP contribution >= 0.6 is 0 Å². The Labute approximate surface area is 180 Å². The first-order chi connectivity index (χ1) is 14.8. The summed E-state index contributed by atoms with van der Waals surface area (Å²) in [4.78, 5) is 16.5. The molecule has 0 bridgehead atoms. The molecule has 2 aromatic rings. The number of benzene rings is 2. The minimum Gasteiger partial charge on any atom is -0.457 e. The van der Waals surface area contributed by atoms with Crippen molar-refractivity contribution in [3.8, 4) is 17.2 Å². The topological polar surface area (TPSA) is 42.0 Å². The molecular formula is C23H27F3N2O3. The summed E-state index contributed by atoms with van der Waals surface area (Å²) in [6, 6.07) is 11.4. The molecule has 0 N–H and O–H groups in total. The fourth-order valence-corrected chi connectivity index (χ4v) is 3.66. The van der Waals surface area contributed by atoms with E-state index in [-0.39, 0.29) is 11.8 Å². The number of carbonyl (C=O) groups excluding carboxylic acids is 1. The fourth-order valence-electron chi connectivity index (χ4n) is 3.66. The third-order valence-electron chi connectivity index (χ3n) is 5.48. The predicted octanol–water partition coefficient (Wildman–Crippen LogP) is 5.80. The summed E-state index contributed by atoms with van der Waals surface area (Å²) in [5, 5.41) is 0. The first-order valence-corrected chi connectivity index (χ1v) is 10.5. The molecule has 0 radical (unpaired) electrons. The van der Waals surface area contributed by atoms with Crippen molar-refractivity contribution >= 4 is 6.09 Å². The number of ether oxygens (including phenoxy) is 2. The van der Waals surface area contributed by atoms with Gasteiger partial charge < -0.3 is 14.4 Å². The normalized spacial score (nSPS) is 15.2. The Hall–Kier alpha value is -2.74. The molecule has 1 aliphatic heterocycles. The molecule has 1 amide bonds. The second-order valence-electron chi connectivity index (χ2n) is 7.46. The van der Waals surface area contributed by atoms with Gasteiger partial charge in [-0.05, 0) is 61.4 Å². The van der Waals surface area contributed by atoms with Crippen LogP contribution in [0.3, 0.4) is 0 Å². The number of alkyl halides is 3. The van der Waals surface area contributed by atoms with Gasteiger partial charge in [0.05, 0.1) is 5.56 Å². The number of carbonyl (C=O) groups is 1. The molecule has 2 aromatic carbocycles. The van der Waals surface area contributed by atoms with Crippen LogP contribution in [0.25, 0.3) is 0 Å². The van der Waals surface area contributed by atoms with Gasteiger partial charge in [-0.2, -0.15) is 13.2 Å². The maximum Gasteiger partial charge on any atom is 0.416 e. The van der Waals surface area contributed by atoms with Crippen LogP contribution in [0.2, 0.25) is 0 Å². The predicted molar refractivity (Wildman–Crippen MR) is 112 cm³/mol. The van der Waals surface area contributed by atoms with Crippen LogP contribution in [-0.4, -0.2) is 48.1 Å². The van der Waals surface area contributed by atoms with E-state index in [1.165, 1.54) is 12.1 Å². The van der Waals surface area contributed by atoms with Gasteiger partial charge in [0.25, 0.3) is 0 Å². The monoisotopic (exact) mass is 436 g/mol. The Bertz CT molecular complexity index is 842. The van der Waals surface area contributed by atoms with Gasteiger partial charge in [-0.15, -0.1) is 0 Å². The average molecular weight is 436 g/mol. The van der Waals surface area contributed by atoms with Gasteiger partial charge in [0, 0.05) is 32.2 Å². The molecule has 1 fully saturated rings. The Morgan fingerprint density at radius 1 is 0.871 bits per heavy atom. The van der Waals surface area contributed by atoms with Crippen LogP contribution < -0.4 is 9.47 Å². The molecule has 5 nitrogen and oxygen atoms in total. The lowest BCUT2D eigenvalue weighted by molar-refractivity contribution is -0.137. The lowest BCUT2D eigenvalue weighted by Gasteiger charge is -2.38. The van der Waals surface area contributed by atoms with Crippen LogP contribution in [0.15, 0.2) is 48.5 Å². The molecular weight excluding hydrogens is 409 g/mol. The first kappa shape index (κ1) is 22.9. The van der Waals surface area contributed by atoms with E-state index in [1.807, 2.05) is 0 Å². The maximum absolute atomic E-state index is 12.6. The van der Waals surface area contributed by atoms with E-state index in [0.29, 0.717) is 30.6 Å². The fraction of sp³-hybridized carbons (Fsp3) is 0.435. The third-order valence-corrected chi connectivity index (χ3v) is 5.48. The van der Waals surface area contributed by atoms with Gasteiger partial charge in [0.1, 0.15) is 17.2 Å². The van der Waals surface area contributed by atoms with Crippen molar-refractivity contribution in [3.63, 3.8) is 0 Å². The van der Waals surface area contributed by atoms with E-state index in [9.17, 15) is 18.0 Å². The van der Waals surface area contributed by atoms with Crippen LogP contribution in [0, 0.1) is 0 Å². The highest BCUT2D eigenvalue weighted by molar-refractivity contribution is 5.70. The molecule has 0 unspecified atom stereocenters. The van der Waals surface area contributed by atoms with E-state index in [1.54, 1.807) is 29.2 Å². The summed E-state index contributed by atoms with van der Waals surface area (Å²) < 4.78 is 48.9. The highest BCUT2D eigenvalue weighted by atomic mass is 19.4. The molecule has 1 aliphatic rings. The minimum atomic E-state index is -4.38. The van der Waals surface area contributed by atoms with Crippen LogP contribution in [-0.2, 0) is 6.18 Å². The Balaban J connectivity index is 1.51. The summed E-state index contributed by atoms with van der Waals surface area (Å²) in [5.74, 6) is 1.10. The molecule has 0 spiro atoms. The van der Waals surface area contributed by atoms with Crippen molar-refractivity contribution in [1.29, 1.82) is 0 Å².